The van der Waals surface area contributed by atoms with E-state index in [0.717, 1.165) is 0 Å². The molecule has 0 radical (unpaired) electrons. The van der Waals surface area contributed by atoms with Crippen LogP contribution in [0.25, 0.3) is 10.9 Å². The summed E-state index contributed by atoms with van der Waals surface area (Å²) in [6, 6.07) is 5.41. The molecule has 0 unspecified atom stereocenters. The Morgan fingerprint density at radius 3 is 2.04 bits per heavy atom. The van der Waals surface area contributed by atoms with Gasteiger partial charge in [-0.25, -0.2) is 0 Å². The average Bonchev–Trinajstić information content (AvgIpc) is 3.00. The van der Waals surface area contributed by atoms with Gasteiger partial charge in [-0.1, -0.05) is 0 Å². The van der Waals surface area contributed by atoms with Crippen molar-refractivity contribution in [3.63, 3.8) is 0 Å². The fourth-order valence-electron chi connectivity index (χ4n) is 2.46. The number of ether oxygens (including phenoxy) is 1. The van der Waals surface area contributed by atoms with E-state index >= 15 is 0 Å². The van der Waals surface area contributed by atoms with E-state index in [0.29, 0.717) is 10.9 Å². The third kappa shape index (κ3) is 3.66. The van der Waals surface area contributed by atoms with E-state index < -0.39 is 39.8 Å². The summed E-state index contributed by atoms with van der Waals surface area (Å²) in [6.07, 6.45) is -9.08. The largest absolute Gasteiger partial charge is 0.456 e. The Labute approximate surface area is 146 Å². The number of non-ortho nitro benzene ring substituents is 1. The molecule has 27 heavy (non-hydrogen) atoms. The van der Waals surface area contributed by atoms with E-state index in [4.69, 9.17) is 4.74 Å². The van der Waals surface area contributed by atoms with Crippen molar-refractivity contribution in [3.05, 3.63) is 63.8 Å². The molecule has 0 amide bonds. The minimum Gasteiger partial charge on any atom is -0.456 e. The summed E-state index contributed by atoms with van der Waals surface area (Å²) >= 11 is 0. The van der Waals surface area contributed by atoms with E-state index in [1.807, 2.05) is 0 Å². The van der Waals surface area contributed by atoms with E-state index in [-0.39, 0.29) is 17.9 Å². The highest BCUT2D eigenvalue weighted by Crippen LogP contribution is 2.47. The fourth-order valence-corrected chi connectivity index (χ4v) is 2.46. The third-order valence-electron chi connectivity index (χ3n) is 3.64. The number of fused-ring (bicyclic) bond motifs is 1. The molecular formula is C16H8F6N2O3. The first-order valence-electron chi connectivity index (χ1n) is 7.18. The van der Waals surface area contributed by atoms with Crippen LogP contribution in [0.1, 0.15) is 11.1 Å². The SMILES string of the molecule is O=[N+]([O-])c1cc(C(F)(F)F)c(Oc2ccc3[nH]ccc3c2)c(C(F)(F)F)c1. The van der Waals surface area contributed by atoms with Gasteiger partial charge in [0.25, 0.3) is 5.69 Å². The fraction of sp³-hybridized carbons (Fsp3) is 0.125. The number of nitrogens with one attached hydrogen (secondary N) is 1. The predicted molar refractivity (Wildman–Crippen MR) is 81.5 cm³/mol. The molecule has 0 aliphatic rings. The zero-order chi connectivity index (χ0) is 20.0. The highest BCUT2D eigenvalue weighted by molar-refractivity contribution is 5.80. The van der Waals surface area contributed by atoms with E-state index in [1.54, 1.807) is 6.07 Å². The van der Waals surface area contributed by atoms with Crippen LogP contribution in [-0.4, -0.2) is 9.91 Å². The van der Waals surface area contributed by atoms with Gasteiger partial charge >= 0.3 is 12.4 Å². The monoisotopic (exact) mass is 390 g/mol. The number of aromatic nitrogens is 1. The van der Waals surface area contributed by atoms with Gasteiger partial charge in [0.1, 0.15) is 16.9 Å². The molecule has 3 aromatic rings. The summed E-state index contributed by atoms with van der Waals surface area (Å²) in [5, 5.41) is 11.3. The third-order valence-corrected chi connectivity index (χ3v) is 3.64. The van der Waals surface area contributed by atoms with Crippen LogP contribution in [0.2, 0.25) is 0 Å². The van der Waals surface area contributed by atoms with E-state index in [2.05, 4.69) is 4.98 Å². The zero-order valence-electron chi connectivity index (χ0n) is 13.0. The van der Waals surface area contributed by atoms with Crippen molar-refractivity contribution in [2.24, 2.45) is 0 Å². The van der Waals surface area contributed by atoms with Crippen LogP contribution in [0.4, 0.5) is 32.0 Å². The summed E-state index contributed by atoms with van der Waals surface area (Å²) in [5.41, 5.74) is -4.53. The van der Waals surface area contributed by atoms with Gasteiger partial charge in [0.2, 0.25) is 0 Å². The van der Waals surface area contributed by atoms with Gasteiger partial charge in [-0.2, -0.15) is 26.3 Å². The molecule has 0 bridgehead atoms. The second-order valence-electron chi connectivity index (χ2n) is 5.45. The van der Waals surface area contributed by atoms with Gasteiger partial charge in [-0.3, -0.25) is 10.1 Å². The number of halogens is 6. The van der Waals surface area contributed by atoms with Crippen LogP contribution in [-0.2, 0) is 12.4 Å². The number of nitro groups is 1. The lowest BCUT2D eigenvalue weighted by molar-refractivity contribution is -0.385. The first kappa shape index (κ1) is 18.5. The highest BCUT2D eigenvalue weighted by atomic mass is 19.4. The molecule has 1 N–H and O–H groups in total. The number of hydrogen-bond donors (Lipinski definition) is 1. The molecule has 2 aromatic carbocycles. The number of aromatic amines is 1. The van der Waals surface area contributed by atoms with E-state index in [9.17, 15) is 36.5 Å². The normalized spacial score (nSPS) is 12.4. The topological polar surface area (TPSA) is 68.2 Å². The number of benzene rings is 2. The van der Waals surface area contributed by atoms with Crippen LogP contribution < -0.4 is 4.74 Å². The second kappa shape index (κ2) is 6.18. The molecule has 5 nitrogen and oxygen atoms in total. The molecule has 0 aliphatic carbocycles. The van der Waals surface area contributed by atoms with Crippen molar-refractivity contribution in [2.75, 3.05) is 0 Å². The van der Waals surface area contributed by atoms with Gasteiger partial charge in [-0.15, -0.1) is 0 Å². The summed E-state index contributed by atoms with van der Waals surface area (Å²) in [5.74, 6) is -1.83. The minimum atomic E-state index is -5.31. The molecule has 0 atom stereocenters. The number of hydrogen-bond acceptors (Lipinski definition) is 3. The molecule has 0 aliphatic heterocycles. The van der Waals surface area contributed by atoms with Crippen molar-refractivity contribution in [1.29, 1.82) is 0 Å². The Bertz CT molecular complexity index is 988. The minimum absolute atomic E-state index is 0.0133. The van der Waals surface area contributed by atoms with Crippen LogP contribution in [0, 0.1) is 10.1 Å². The van der Waals surface area contributed by atoms with Crippen molar-refractivity contribution in [1.82, 2.24) is 4.98 Å². The summed E-state index contributed by atoms with van der Waals surface area (Å²) < 4.78 is 84.7. The van der Waals surface area contributed by atoms with Gasteiger partial charge in [0, 0.05) is 29.2 Å². The molecule has 3 rings (SSSR count). The van der Waals surface area contributed by atoms with Gasteiger partial charge < -0.3 is 9.72 Å². The lowest BCUT2D eigenvalue weighted by atomic mass is 10.1. The quantitative estimate of drug-likeness (QED) is 0.344. The Morgan fingerprint density at radius 2 is 1.52 bits per heavy atom. The highest BCUT2D eigenvalue weighted by Gasteiger charge is 2.44. The molecule has 0 saturated carbocycles. The van der Waals surface area contributed by atoms with Crippen LogP contribution in [0.15, 0.2) is 42.6 Å². The summed E-state index contributed by atoms with van der Waals surface area (Å²) in [7, 11) is 0. The lowest BCUT2D eigenvalue weighted by Crippen LogP contribution is -2.15. The maximum absolute atomic E-state index is 13.3. The number of rotatable bonds is 3. The molecular weight excluding hydrogens is 382 g/mol. The first-order valence-corrected chi connectivity index (χ1v) is 7.18. The van der Waals surface area contributed by atoms with Crippen molar-refractivity contribution >= 4 is 16.6 Å². The van der Waals surface area contributed by atoms with Crippen LogP contribution in [0.5, 0.6) is 11.5 Å². The predicted octanol–water partition coefficient (Wildman–Crippen LogP) is 5.91. The average molecular weight is 390 g/mol. The molecule has 0 saturated heterocycles. The number of H-pyrrole nitrogens is 1. The molecule has 11 heteroatoms. The van der Waals surface area contributed by atoms with E-state index in [1.165, 1.54) is 24.4 Å². The Balaban J connectivity index is 2.23. The lowest BCUT2D eigenvalue weighted by Gasteiger charge is -2.19. The maximum atomic E-state index is 13.3. The Hall–Kier alpha value is -3.24. The Morgan fingerprint density at radius 1 is 0.926 bits per heavy atom. The first-order chi connectivity index (χ1) is 12.5. The second-order valence-corrected chi connectivity index (χ2v) is 5.45. The molecule has 1 aromatic heterocycles. The number of nitro benzene ring substituents is 1. The van der Waals surface area contributed by atoms with Crippen molar-refractivity contribution in [2.45, 2.75) is 12.4 Å². The summed E-state index contributed by atoms with van der Waals surface area (Å²) in [4.78, 5) is 12.3. The maximum Gasteiger partial charge on any atom is 0.420 e. The van der Waals surface area contributed by atoms with Crippen molar-refractivity contribution < 1.29 is 36.0 Å². The van der Waals surface area contributed by atoms with Crippen LogP contribution in [0.3, 0.4) is 0 Å². The van der Waals surface area contributed by atoms with Crippen LogP contribution >= 0.6 is 0 Å². The van der Waals surface area contributed by atoms with Crippen molar-refractivity contribution in [3.8, 4) is 11.5 Å². The van der Waals surface area contributed by atoms with Gasteiger partial charge in [-0.05, 0) is 24.3 Å². The zero-order valence-corrected chi connectivity index (χ0v) is 13.0. The molecule has 0 spiro atoms. The van der Waals surface area contributed by atoms with Gasteiger partial charge in [0.15, 0.2) is 5.75 Å². The molecule has 142 valence electrons. The number of alkyl halides is 6. The molecule has 0 fully saturated rings. The molecule has 1 heterocycles. The smallest absolute Gasteiger partial charge is 0.420 e. The Kier molecular flexibility index (Phi) is 4.25. The standard InChI is InChI=1S/C16H8F6N2O3/c17-15(18,19)11-6-9(24(25)26)7-12(16(20,21)22)14(11)27-10-1-2-13-8(5-10)3-4-23-13/h1-7,23H. The number of nitrogens with zero attached hydrogens (tertiary/aromatic N) is 1. The van der Waals surface area contributed by atoms with Gasteiger partial charge in [0.05, 0.1) is 4.92 Å². The summed E-state index contributed by atoms with van der Waals surface area (Å²) in [6.45, 7) is 0.